The number of phosphoric ester groups is 1. The van der Waals surface area contributed by atoms with Crippen LogP contribution in [0.15, 0.2) is 12.7 Å². The van der Waals surface area contributed by atoms with Gasteiger partial charge >= 0.3 is 0 Å². The van der Waals surface area contributed by atoms with Gasteiger partial charge in [-0.25, -0.2) is 19.3 Å². The van der Waals surface area contributed by atoms with E-state index in [0.717, 1.165) is 6.33 Å². The summed E-state index contributed by atoms with van der Waals surface area (Å²) < 4.78 is 62.3. The Bertz CT molecular complexity index is 1190. The molecule has 3 N–H and O–H groups in total. The van der Waals surface area contributed by atoms with Gasteiger partial charge in [0, 0.05) is 20.3 Å². The van der Waals surface area contributed by atoms with Crippen LogP contribution in [0.4, 0.5) is 5.82 Å². The molecule has 0 amide bonds. The predicted molar refractivity (Wildman–Crippen MR) is 107 cm³/mol. The molecule has 6 atom stereocenters. The van der Waals surface area contributed by atoms with Crippen LogP contribution in [0.3, 0.4) is 0 Å². The molecule has 0 spiro atoms. The lowest BCUT2D eigenvalue weighted by atomic mass is 10.1. The minimum atomic E-state index is -6.15. The Balaban J connectivity index is 1.76. The Morgan fingerprint density at radius 2 is 1.83 bits per heavy atom. The maximum absolute atomic E-state index is 11.9. The topological polar surface area (TPSA) is 289 Å². The molecule has 1 saturated heterocycles. The Labute approximate surface area is 202 Å². The molecule has 22 heteroatoms. The number of imidazole rings is 1. The summed E-state index contributed by atoms with van der Waals surface area (Å²) >= 11 is 0. The van der Waals surface area contributed by atoms with E-state index >= 15 is 0 Å². The van der Waals surface area contributed by atoms with Gasteiger partial charge in [-0.05, 0) is 6.42 Å². The van der Waals surface area contributed by atoms with Crippen molar-refractivity contribution >= 4 is 40.4 Å². The minimum absolute atomic E-state index is 0.0594. The first-order chi connectivity index (χ1) is 16.7. The first-order valence-electron chi connectivity index (χ1n) is 9.81. The fraction of sp³-hybridized carbons (Fsp3) is 0.643. The number of aliphatic hydroxyl groups is 1. The van der Waals surface area contributed by atoms with Crippen molar-refractivity contribution in [2.24, 2.45) is 0 Å². The molecule has 2 aromatic rings. The third-order valence-electron chi connectivity index (χ3n) is 4.57. The van der Waals surface area contributed by atoms with Crippen molar-refractivity contribution in [2.75, 3.05) is 32.7 Å². The highest BCUT2D eigenvalue weighted by molar-refractivity contribution is 7.64. The van der Waals surface area contributed by atoms with E-state index in [2.05, 4.69) is 28.1 Å². The zero-order chi connectivity index (χ0) is 26.7. The SMILES string of the molecule is COCCCOC1[C@@H](O)[C@@H](COP(=O)([O-])OP(=O)([O-])OP(=O)([O-])[O-])O[C@H]1n1cnc2c(N)ncnc21. The van der Waals surface area contributed by atoms with Gasteiger partial charge in [0.05, 0.1) is 20.8 Å². The molecular weight excluding hydrogens is 555 g/mol. The third kappa shape index (κ3) is 7.56. The van der Waals surface area contributed by atoms with Crippen molar-refractivity contribution in [3.8, 4) is 0 Å². The average Bonchev–Trinajstić information content (AvgIpc) is 3.29. The lowest BCUT2D eigenvalue weighted by molar-refractivity contribution is -0.339. The minimum Gasteiger partial charge on any atom is -0.790 e. The quantitative estimate of drug-likeness (QED) is 0.176. The molecule has 3 heterocycles. The molecule has 2 aromatic heterocycles. The summed E-state index contributed by atoms with van der Waals surface area (Å²) in [6.45, 7) is -0.573. The van der Waals surface area contributed by atoms with Crippen molar-refractivity contribution in [2.45, 2.75) is 31.0 Å². The van der Waals surface area contributed by atoms with Gasteiger partial charge in [-0.2, -0.15) is 0 Å². The van der Waals surface area contributed by atoms with Crippen LogP contribution < -0.4 is 25.3 Å². The number of hydrogen-bond donors (Lipinski definition) is 2. The maximum Gasteiger partial charge on any atom is 0.278 e. The van der Waals surface area contributed by atoms with Crippen LogP contribution in [0, 0.1) is 0 Å². The number of nitrogen functional groups attached to an aromatic ring is 1. The highest BCUT2D eigenvalue weighted by Gasteiger charge is 2.46. The summed E-state index contributed by atoms with van der Waals surface area (Å²) in [5.74, 6) is 0.0594. The fourth-order valence-corrected chi connectivity index (χ4v) is 6.05. The van der Waals surface area contributed by atoms with Crippen molar-refractivity contribution in [3.05, 3.63) is 12.7 Å². The second-order valence-electron chi connectivity index (χ2n) is 7.12. The molecule has 204 valence electrons. The molecule has 1 fully saturated rings. The summed E-state index contributed by atoms with van der Waals surface area (Å²) in [5, 5.41) is 10.7. The number of fused-ring (bicyclic) bond motifs is 1. The average molecular weight is 575 g/mol. The number of ether oxygens (including phenoxy) is 3. The summed E-state index contributed by atoms with van der Waals surface area (Å²) in [5.41, 5.74) is 6.19. The summed E-state index contributed by atoms with van der Waals surface area (Å²) in [6.07, 6.45) is -2.37. The van der Waals surface area contributed by atoms with Gasteiger partial charge in [0.2, 0.25) is 0 Å². The van der Waals surface area contributed by atoms with Crippen molar-refractivity contribution < 1.29 is 65.7 Å². The maximum atomic E-state index is 11.9. The molecule has 0 bridgehead atoms. The normalized spacial score (nSPS) is 26.2. The Hall–Kier alpha value is -1.40. The monoisotopic (exact) mass is 575 g/mol. The largest absolute Gasteiger partial charge is 0.790 e. The summed E-state index contributed by atoms with van der Waals surface area (Å²) in [4.78, 5) is 56.0. The van der Waals surface area contributed by atoms with Gasteiger partial charge in [0.25, 0.3) is 15.6 Å². The van der Waals surface area contributed by atoms with Crippen LogP contribution in [-0.2, 0) is 41.1 Å². The summed E-state index contributed by atoms with van der Waals surface area (Å²) in [6, 6.07) is 0. The highest BCUT2D eigenvalue weighted by Crippen LogP contribution is 2.60. The van der Waals surface area contributed by atoms with Crippen molar-refractivity contribution in [1.29, 1.82) is 0 Å². The number of anilines is 1. The predicted octanol–water partition coefficient (Wildman–Crippen LogP) is -3.10. The molecule has 36 heavy (non-hydrogen) atoms. The zero-order valence-electron chi connectivity index (χ0n) is 18.3. The van der Waals surface area contributed by atoms with E-state index in [4.69, 9.17) is 19.9 Å². The molecule has 0 aromatic carbocycles. The molecule has 1 aliphatic heterocycles. The van der Waals surface area contributed by atoms with Crippen LogP contribution in [0.2, 0.25) is 0 Å². The van der Waals surface area contributed by atoms with Crippen LogP contribution in [0.25, 0.3) is 11.2 Å². The number of nitrogens with zero attached hydrogens (tertiary/aromatic N) is 4. The van der Waals surface area contributed by atoms with Crippen LogP contribution >= 0.6 is 23.5 Å². The number of phosphoric acid groups is 3. The lowest BCUT2D eigenvalue weighted by Crippen LogP contribution is -2.36. The van der Waals surface area contributed by atoms with Gasteiger partial charge in [0.15, 0.2) is 17.7 Å². The number of rotatable bonds is 13. The fourth-order valence-electron chi connectivity index (χ4n) is 3.19. The van der Waals surface area contributed by atoms with Gasteiger partial charge in [-0.15, -0.1) is 0 Å². The third-order valence-corrected chi connectivity index (χ3v) is 8.24. The molecule has 1 aliphatic rings. The van der Waals surface area contributed by atoms with E-state index in [9.17, 15) is 38.4 Å². The number of nitrogens with two attached hydrogens (primary N) is 1. The first-order valence-corrected chi connectivity index (χ1v) is 14.2. The van der Waals surface area contributed by atoms with Crippen LogP contribution in [0.1, 0.15) is 12.6 Å². The molecule has 3 rings (SSSR count). The van der Waals surface area contributed by atoms with Gasteiger partial charge in [-0.1, -0.05) is 0 Å². The van der Waals surface area contributed by atoms with Crippen LogP contribution in [-0.4, -0.2) is 69.9 Å². The molecule has 3 unspecified atom stereocenters. The van der Waals surface area contributed by atoms with E-state index in [1.54, 1.807) is 0 Å². The summed E-state index contributed by atoms with van der Waals surface area (Å²) in [7, 11) is -16.6. The Kier molecular flexibility index (Phi) is 9.36. The Morgan fingerprint density at radius 3 is 2.50 bits per heavy atom. The molecule has 0 radical (unpaired) electrons. The van der Waals surface area contributed by atoms with E-state index in [0.29, 0.717) is 13.0 Å². The van der Waals surface area contributed by atoms with Crippen molar-refractivity contribution in [1.82, 2.24) is 19.5 Å². The van der Waals surface area contributed by atoms with Gasteiger partial charge in [0.1, 0.15) is 30.2 Å². The van der Waals surface area contributed by atoms with E-state index in [-0.39, 0.29) is 23.6 Å². The van der Waals surface area contributed by atoms with Gasteiger partial charge in [-0.3, -0.25) is 18.0 Å². The number of hydrogen-bond acceptors (Lipinski definition) is 18. The Morgan fingerprint density at radius 1 is 1.11 bits per heavy atom. The number of aliphatic hydroxyl groups excluding tert-OH is 1. The van der Waals surface area contributed by atoms with Gasteiger partial charge < -0.3 is 53.7 Å². The second-order valence-corrected chi connectivity index (χ2v) is 11.4. The van der Waals surface area contributed by atoms with Crippen molar-refractivity contribution in [3.63, 3.8) is 0 Å². The zero-order valence-corrected chi connectivity index (χ0v) is 20.9. The van der Waals surface area contributed by atoms with E-state index in [1.807, 2.05) is 0 Å². The van der Waals surface area contributed by atoms with E-state index in [1.165, 1.54) is 18.0 Å². The molecule has 0 aliphatic carbocycles. The molecular formula is C14H20N5O14P3-4. The standard InChI is InChI=1S/C14H24N5O14P3/c1-28-3-2-4-29-11-10(20)8(5-30-35(24,25)33-36(26,27)32-34(21,22)23)31-14(11)19-7-18-9-12(15)16-6-17-13(9)19/h6-8,10-11,14,20H,2-5H2,1H3,(H,24,25)(H,26,27)(H2,15,16,17)(H2,21,22,23)/p-4/t8-,10+,11?,14-/m1/s1. The first kappa shape index (κ1) is 29.2. The smallest absolute Gasteiger partial charge is 0.278 e. The van der Waals surface area contributed by atoms with Crippen LogP contribution in [0.5, 0.6) is 0 Å². The lowest BCUT2D eigenvalue weighted by Gasteiger charge is -2.37. The van der Waals surface area contributed by atoms with E-state index < -0.39 is 54.6 Å². The molecule has 0 saturated carbocycles. The second kappa shape index (κ2) is 11.6. The highest BCUT2D eigenvalue weighted by atomic mass is 31.3. The number of aromatic nitrogens is 4. The molecule has 19 nitrogen and oxygen atoms in total. The number of methoxy groups -OCH3 is 1.